The van der Waals surface area contributed by atoms with Gasteiger partial charge in [0.25, 0.3) is 0 Å². The summed E-state index contributed by atoms with van der Waals surface area (Å²) in [6.45, 7) is 4.60. The van der Waals surface area contributed by atoms with Gasteiger partial charge < -0.3 is 9.09 Å². The predicted octanol–water partition coefficient (Wildman–Crippen LogP) is 3.11. The summed E-state index contributed by atoms with van der Waals surface area (Å²) in [7, 11) is 0. The number of carbonyl (C=O) groups is 1. The molecule has 0 atom stereocenters. The summed E-state index contributed by atoms with van der Waals surface area (Å²) in [5.41, 5.74) is 3.83. The third-order valence-electron chi connectivity index (χ3n) is 3.44. The number of aryl methyl sites for hydroxylation is 2. The Hall–Kier alpha value is -2.36. The molecule has 19 heavy (non-hydrogen) atoms. The first kappa shape index (κ1) is 11.7. The zero-order valence-electron chi connectivity index (χ0n) is 10.9. The molecular formula is C15H14N2O2. The molecule has 0 N–H and O–H groups in total. The van der Waals surface area contributed by atoms with E-state index < -0.39 is 0 Å². The molecule has 4 heteroatoms. The minimum Gasteiger partial charge on any atom is -0.361 e. The molecule has 0 spiro atoms. The summed E-state index contributed by atoms with van der Waals surface area (Å²) in [6.07, 6.45) is 2.89. The monoisotopic (exact) mass is 254 g/mol. The van der Waals surface area contributed by atoms with Crippen LogP contribution in [0.15, 0.2) is 35.0 Å². The van der Waals surface area contributed by atoms with E-state index in [1.165, 1.54) is 0 Å². The van der Waals surface area contributed by atoms with E-state index in [-0.39, 0.29) is 0 Å². The Bertz CT molecular complexity index is 733. The molecule has 3 aromatic rings. The third-order valence-corrected chi connectivity index (χ3v) is 3.44. The molecule has 96 valence electrons. The van der Waals surface area contributed by atoms with Crippen molar-refractivity contribution in [1.29, 1.82) is 0 Å². The molecule has 0 saturated carbocycles. The highest BCUT2D eigenvalue weighted by Crippen LogP contribution is 2.21. The molecule has 1 aromatic carbocycles. The fraction of sp³-hybridized carbons (Fsp3) is 0.200. The van der Waals surface area contributed by atoms with Gasteiger partial charge >= 0.3 is 0 Å². The molecule has 3 rings (SSSR count). The van der Waals surface area contributed by atoms with Crippen LogP contribution in [0.25, 0.3) is 10.9 Å². The van der Waals surface area contributed by atoms with Gasteiger partial charge in [0, 0.05) is 28.2 Å². The highest BCUT2D eigenvalue weighted by atomic mass is 16.5. The maximum Gasteiger partial charge on any atom is 0.150 e. The minimum atomic E-state index is 0.697. The number of aromatic nitrogens is 2. The normalized spacial score (nSPS) is 11.1. The summed E-state index contributed by atoms with van der Waals surface area (Å²) in [5, 5.41) is 5.04. The van der Waals surface area contributed by atoms with Crippen LogP contribution in [0.1, 0.15) is 27.4 Å². The van der Waals surface area contributed by atoms with Gasteiger partial charge in [-0.15, -0.1) is 0 Å². The molecule has 0 amide bonds. The molecule has 0 aliphatic heterocycles. The summed E-state index contributed by atoms with van der Waals surface area (Å²) in [6, 6.07) is 7.71. The highest BCUT2D eigenvalue weighted by Gasteiger charge is 2.11. The van der Waals surface area contributed by atoms with Gasteiger partial charge in [-0.25, -0.2) is 0 Å². The van der Waals surface area contributed by atoms with Gasteiger partial charge in [-0.1, -0.05) is 5.16 Å². The number of hydrogen-bond acceptors (Lipinski definition) is 3. The molecule has 2 aromatic heterocycles. The maximum absolute atomic E-state index is 10.8. The number of fused-ring (bicyclic) bond motifs is 1. The summed E-state index contributed by atoms with van der Waals surface area (Å²) >= 11 is 0. The van der Waals surface area contributed by atoms with Gasteiger partial charge in [0.05, 0.1) is 12.2 Å². The van der Waals surface area contributed by atoms with E-state index in [0.29, 0.717) is 5.56 Å². The Balaban J connectivity index is 2.04. The van der Waals surface area contributed by atoms with E-state index in [2.05, 4.69) is 9.72 Å². The van der Waals surface area contributed by atoms with E-state index in [1.807, 2.05) is 44.3 Å². The lowest BCUT2D eigenvalue weighted by atomic mass is 10.1. The van der Waals surface area contributed by atoms with Crippen LogP contribution < -0.4 is 0 Å². The predicted molar refractivity (Wildman–Crippen MR) is 72.4 cm³/mol. The highest BCUT2D eigenvalue weighted by molar-refractivity contribution is 5.87. The Kier molecular flexibility index (Phi) is 2.71. The van der Waals surface area contributed by atoms with Gasteiger partial charge in [-0.05, 0) is 38.1 Å². The van der Waals surface area contributed by atoms with Crippen molar-refractivity contribution in [1.82, 2.24) is 9.72 Å². The summed E-state index contributed by atoms with van der Waals surface area (Å²) < 4.78 is 7.32. The Labute approximate surface area is 110 Å². The second-order valence-electron chi connectivity index (χ2n) is 4.68. The van der Waals surface area contributed by atoms with Crippen molar-refractivity contribution in [2.45, 2.75) is 20.4 Å². The van der Waals surface area contributed by atoms with Crippen molar-refractivity contribution in [2.75, 3.05) is 0 Å². The number of hydrogen-bond donors (Lipinski definition) is 0. The van der Waals surface area contributed by atoms with Crippen LogP contribution in [-0.2, 0) is 6.54 Å². The Morgan fingerprint density at radius 3 is 2.84 bits per heavy atom. The lowest BCUT2D eigenvalue weighted by molar-refractivity contribution is 0.112. The van der Waals surface area contributed by atoms with Crippen molar-refractivity contribution >= 4 is 17.2 Å². The van der Waals surface area contributed by atoms with E-state index in [9.17, 15) is 4.79 Å². The average Bonchev–Trinajstić information content (AvgIpc) is 2.96. The quantitative estimate of drug-likeness (QED) is 0.675. The second-order valence-corrected chi connectivity index (χ2v) is 4.68. The number of carbonyl (C=O) groups excluding carboxylic acids is 1. The average molecular weight is 254 g/mol. The SMILES string of the molecule is Cc1noc(C)c1Cn1ccc2cc(C=O)ccc21. The maximum atomic E-state index is 10.8. The Morgan fingerprint density at radius 2 is 2.16 bits per heavy atom. The largest absolute Gasteiger partial charge is 0.361 e. The van der Waals surface area contributed by atoms with Crippen LogP contribution in [0.2, 0.25) is 0 Å². The summed E-state index contributed by atoms with van der Waals surface area (Å²) in [5.74, 6) is 0.851. The van der Waals surface area contributed by atoms with Crippen molar-refractivity contribution in [3.8, 4) is 0 Å². The molecule has 0 saturated heterocycles. The zero-order chi connectivity index (χ0) is 13.4. The first-order valence-electron chi connectivity index (χ1n) is 6.15. The summed E-state index contributed by atoms with van der Waals surface area (Å²) in [4.78, 5) is 10.8. The van der Waals surface area contributed by atoms with Crippen molar-refractivity contribution in [3.05, 3.63) is 53.0 Å². The molecular weight excluding hydrogens is 240 g/mol. The topological polar surface area (TPSA) is 48.0 Å². The van der Waals surface area contributed by atoms with Crippen molar-refractivity contribution in [2.24, 2.45) is 0 Å². The lowest BCUT2D eigenvalue weighted by Crippen LogP contribution is -2.00. The molecule has 0 radical (unpaired) electrons. The Morgan fingerprint density at radius 1 is 1.32 bits per heavy atom. The van der Waals surface area contributed by atoms with Crippen molar-refractivity contribution in [3.63, 3.8) is 0 Å². The number of benzene rings is 1. The minimum absolute atomic E-state index is 0.697. The van der Waals surface area contributed by atoms with Crippen LogP contribution in [0.5, 0.6) is 0 Å². The number of nitrogens with zero attached hydrogens (tertiary/aromatic N) is 2. The molecule has 0 unspecified atom stereocenters. The fourth-order valence-electron chi connectivity index (χ4n) is 2.33. The number of rotatable bonds is 3. The van der Waals surface area contributed by atoms with Gasteiger partial charge in [0.2, 0.25) is 0 Å². The van der Waals surface area contributed by atoms with Crippen LogP contribution in [0, 0.1) is 13.8 Å². The first-order chi connectivity index (χ1) is 9.19. The number of aldehydes is 1. The van der Waals surface area contributed by atoms with Crippen LogP contribution in [0.4, 0.5) is 0 Å². The van der Waals surface area contributed by atoms with E-state index in [1.54, 1.807) is 0 Å². The smallest absolute Gasteiger partial charge is 0.150 e. The van der Waals surface area contributed by atoms with E-state index in [4.69, 9.17) is 4.52 Å². The van der Waals surface area contributed by atoms with Gasteiger partial charge in [-0.2, -0.15) is 0 Å². The lowest BCUT2D eigenvalue weighted by Gasteiger charge is -2.05. The fourth-order valence-corrected chi connectivity index (χ4v) is 2.33. The van der Waals surface area contributed by atoms with Crippen molar-refractivity contribution < 1.29 is 9.32 Å². The molecule has 0 fully saturated rings. The molecule has 2 heterocycles. The van der Waals surface area contributed by atoms with E-state index in [0.717, 1.165) is 40.8 Å². The van der Waals surface area contributed by atoms with Gasteiger partial charge in [-0.3, -0.25) is 4.79 Å². The van der Waals surface area contributed by atoms with Crippen LogP contribution in [0.3, 0.4) is 0 Å². The standard InChI is InChI=1S/C15H14N2O2/c1-10-14(11(2)19-16-10)8-17-6-5-13-7-12(9-18)3-4-15(13)17/h3-7,9H,8H2,1-2H3. The van der Waals surface area contributed by atoms with Crippen LogP contribution in [-0.4, -0.2) is 16.0 Å². The molecule has 0 aliphatic rings. The second kappa shape index (κ2) is 4.39. The van der Waals surface area contributed by atoms with E-state index >= 15 is 0 Å². The molecule has 0 aliphatic carbocycles. The first-order valence-corrected chi connectivity index (χ1v) is 6.15. The van der Waals surface area contributed by atoms with Gasteiger partial charge in [0.1, 0.15) is 12.0 Å². The van der Waals surface area contributed by atoms with Crippen LogP contribution >= 0.6 is 0 Å². The molecule has 0 bridgehead atoms. The van der Waals surface area contributed by atoms with Gasteiger partial charge in [0.15, 0.2) is 0 Å². The molecule has 4 nitrogen and oxygen atoms in total. The third kappa shape index (κ3) is 1.95. The zero-order valence-corrected chi connectivity index (χ0v) is 10.9.